The molecule has 2 fully saturated rings. The minimum Gasteiger partial charge on any atom is -0.337 e. The Morgan fingerprint density at radius 3 is 2.40 bits per heavy atom. The van der Waals surface area contributed by atoms with Crippen molar-refractivity contribution in [2.45, 2.75) is 32.2 Å². The molecule has 2 heteroatoms. The van der Waals surface area contributed by atoms with Gasteiger partial charge in [-0.3, -0.25) is 0 Å². The lowest BCUT2D eigenvalue weighted by Gasteiger charge is -2.39. The molecule has 2 aromatic carbocycles. The number of anilines is 2. The van der Waals surface area contributed by atoms with Crippen LogP contribution < -0.4 is 4.90 Å². The van der Waals surface area contributed by atoms with Crippen LogP contribution in [0.15, 0.2) is 54.6 Å². The van der Waals surface area contributed by atoms with Crippen molar-refractivity contribution >= 4 is 11.4 Å². The van der Waals surface area contributed by atoms with Crippen LogP contribution in [0.25, 0.3) is 0 Å². The highest BCUT2D eigenvalue weighted by Crippen LogP contribution is 2.50. The van der Waals surface area contributed by atoms with E-state index in [1.807, 2.05) is 0 Å². The third-order valence-corrected chi connectivity index (χ3v) is 7.13. The largest absolute Gasteiger partial charge is 0.337 e. The molecule has 0 spiro atoms. The Bertz CT molecular complexity index is 748. The van der Waals surface area contributed by atoms with Gasteiger partial charge in [-0.05, 0) is 47.9 Å². The maximum atomic E-state index is 2.75. The van der Waals surface area contributed by atoms with Crippen LogP contribution in [0.1, 0.15) is 31.7 Å². The zero-order valence-corrected chi connectivity index (χ0v) is 15.3. The van der Waals surface area contributed by atoms with Gasteiger partial charge in [-0.25, -0.2) is 0 Å². The number of fused-ring (bicyclic) bond motifs is 3. The van der Waals surface area contributed by atoms with E-state index >= 15 is 0 Å². The molecule has 5 atom stereocenters. The highest BCUT2D eigenvalue weighted by molar-refractivity contribution is 5.72. The first-order valence-corrected chi connectivity index (χ1v) is 9.89. The number of hydrogen-bond donors (Lipinski definition) is 0. The summed E-state index contributed by atoms with van der Waals surface area (Å²) in [6, 6.07) is 20.7. The van der Waals surface area contributed by atoms with E-state index in [0.717, 1.165) is 17.8 Å². The van der Waals surface area contributed by atoms with Gasteiger partial charge in [0.25, 0.3) is 0 Å². The number of benzene rings is 2. The molecular weight excluding hydrogens is 304 g/mol. The Morgan fingerprint density at radius 2 is 1.64 bits per heavy atom. The fourth-order valence-corrected chi connectivity index (χ4v) is 5.30. The maximum Gasteiger partial charge on any atom is 0.0450 e. The fraction of sp³-hybridized carbons (Fsp3) is 0.478. The molecule has 0 N–H and O–H groups in total. The van der Waals surface area contributed by atoms with Crippen molar-refractivity contribution in [3.63, 3.8) is 0 Å². The zero-order chi connectivity index (χ0) is 17.0. The van der Waals surface area contributed by atoms with E-state index in [9.17, 15) is 0 Å². The minimum atomic E-state index is 0.616. The SMILES string of the molecule is C[C@@H]1C(CN2CCC3C(C2)c2ccccc2N3c2ccccc2)[C@@H]1C. The first-order chi connectivity index (χ1) is 12.2. The van der Waals surface area contributed by atoms with Crippen molar-refractivity contribution in [2.24, 2.45) is 17.8 Å². The van der Waals surface area contributed by atoms with E-state index in [0.29, 0.717) is 12.0 Å². The van der Waals surface area contributed by atoms with Gasteiger partial charge in [-0.1, -0.05) is 50.2 Å². The molecule has 130 valence electrons. The Kier molecular flexibility index (Phi) is 3.63. The predicted octanol–water partition coefficient (Wildman–Crippen LogP) is 4.90. The van der Waals surface area contributed by atoms with Gasteiger partial charge in [-0.2, -0.15) is 0 Å². The van der Waals surface area contributed by atoms with Crippen molar-refractivity contribution in [1.82, 2.24) is 4.90 Å². The highest BCUT2D eigenvalue weighted by atomic mass is 15.2. The van der Waals surface area contributed by atoms with Gasteiger partial charge >= 0.3 is 0 Å². The van der Waals surface area contributed by atoms with Crippen molar-refractivity contribution in [2.75, 3.05) is 24.5 Å². The summed E-state index contributed by atoms with van der Waals surface area (Å²) in [6.07, 6.45) is 1.27. The van der Waals surface area contributed by atoms with Crippen LogP contribution in [0.2, 0.25) is 0 Å². The normalized spacial score (nSPS) is 33.8. The van der Waals surface area contributed by atoms with E-state index in [-0.39, 0.29) is 0 Å². The van der Waals surface area contributed by atoms with Crippen LogP contribution in [0.3, 0.4) is 0 Å². The van der Waals surface area contributed by atoms with Gasteiger partial charge in [0, 0.05) is 43.0 Å². The first-order valence-electron chi connectivity index (χ1n) is 9.89. The monoisotopic (exact) mass is 332 g/mol. The van der Waals surface area contributed by atoms with Gasteiger partial charge in [0.2, 0.25) is 0 Å². The molecule has 1 saturated carbocycles. The molecule has 0 bridgehead atoms. The number of rotatable bonds is 3. The molecule has 3 aliphatic rings. The lowest BCUT2D eigenvalue weighted by molar-refractivity contribution is 0.185. The van der Waals surface area contributed by atoms with E-state index < -0.39 is 0 Å². The van der Waals surface area contributed by atoms with Crippen LogP contribution in [0.4, 0.5) is 11.4 Å². The minimum absolute atomic E-state index is 0.616. The zero-order valence-electron chi connectivity index (χ0n) is 15.3. The number of piperidine rings is 1. The number of hydrogen-bond acceptors (Lipinski definition) is 2. The first kappa shape index (κ1) is 15.5. The Labute approximate surface area is 151 Å². The second-order valence-electron chi connectivity index (χ2n) is 8.37. The Morgan fingerprint density at radius 1 is 0.920 bits per heavy atom. The third kappa shape index (κ3) is 2.50. The van der Waals surface area contributed by atoms with E-state index in [1.54, 1.807) is 5.56 Å². The predicted molar refractivity (Wildman–Crippen MR) is 104 cm³/mol. The van der Waals surface area contributed by atoms with Gasteiger partial charge in [0.05, 0.1) is 0 Å². The smallest absolute Gasteiger partial charge is 0.0450 e. The molecule has 5 rings (SSSR count). The third-order valence-electron chi connectivity index (χ3n) is 7.13. The molecule has 1 aliphatic carbocycles. The molecule has 2 aliphatic heterocycles. The van der Waals surface area contributed by atoms with Crippen LogP contribution in [-0.4, -0.2) is 30.6 Å². The second kappa shape index (κ2) is 5.88. The summed E-state index contributed by atoms with van der Waals surface area (Å²) in [5.41, 5.74) is 4.33. The summed E-state index contributed by atoms with van der Waals surface area (Å²) < 4.78 is 0. The average Bonchev–Trinajstić information content (AvgIpc) is 3.08. The lowest BCUT2D eigenvalue weighted by atomic mass is 9.89. The molecule has 1 saturated heterocycles. The molecule has 25 heavy (non-hydrogen) atoms. The van der Waals surface area contributed by atoms with E-state index in [4.69, 9.17) is 0 Å². The van der Waals surface area contributed by atoms with Crippen molar-refractivity contribution in [3.05, 3.63) is 60.2 Å². The van der Waals surface area contributed by atoms with Gasteiger partial charge < -0.3 is 9.80 Å². The van der Waals surface area contributed by atoms with Gasteiger partial charge in [-0.15, -0.1) is 0 Å². The van der Waals surface area contributed by atoms with Crippen LogP contribution in [0, 0.1) is 17.8 Å². The quantitative estimate of drug-likeness (QED) is 0.789. The summed E-state index contributed by atoms with van der Waals surface area (Å²) in [5.74, 6) is 3.43. The number of nitrogens with zero attached hydrogens (tertiary/aromatic N) is 2. The Balaban J connectivity index is 1.43. The molecule has 0 aromatic heterocycles. The van der Waals surface area contributed by atoms with E-state index in [1.165, 1.54) is 37.4 Å². The maximum absolute atomic E-state index is 2.75. The molecule has 3 unspecified atom stereocenters. The highest BCUT2D eigenvalue weighted by Gasteiger charge is 2.46. The van der Waals surface area contributed by atoms with Crippen molar-refractivity contribution in [3.8, 4) is 0 Å². The van der Waals surface area contributed by atoms with Crippen molar-refractivity contribution < 1.29 is 0 Å². The summed E-state index contributed by atoms with van der Waals surface area (Å²) in [7, 11) is 0. The molecule has 0 amide bonds. The number of likely N-dealkylation sites (tertiary alicyclic amines) is 1. The van der Waals surface area contributed by atoms with E-state index in [2.05, 4.69) is 78.2 Å². The molecular formula is C23H28N2. The van der Waals surface area contributed by atoms with Crippen LogP contribution >= 0.6 is 0 Å². The second-order valence-corrected chi connectivity index (χ2v) is 8.37. The van der Waals surface area contributed by atoms with Gasteiger partial charge in [0.1, 0.15) is 0 Å². The summed E-state index contributed by atoms with van der Waals surface area (Å²) in [5, 5.41) is 0. The fourth-order valence-electron chi connectivity index (χ4n) is 5.30. The standard InChI is InChI=1S/C23H28N2/c1-16-17(2)20(16)14-24-13-12-23-21(15-24)19-10-6-7-11-22(19)25(23)18-8-4-3-5-9-18/h3-11,16-17,20-21,23H,12-15H2,1-2H3/t16-,17+,20?,21?,23?. The molecule has 2 heterocycles. The summed E-state index contributed by atoms with van der Waals surface area (Å²) in [4.78, 5) is 5.36. The summed E-state index contributed by atoms with van der Waals surface area (Å²) >= 11 is 0. The van der Waals surface area contributed by atoms with Gasteiger partial charge in [0.15, 0.2) is 0 Å². The van der Waals surface area contributed by atoms with Crippen molar-refractivity contribution in [1.29, 1.82) is 0 Å². The lowest BCUT2D eigenvalue weighted by Crippen LogP contribution is -2.45. The topological polar surface area (TPSA) is 6.48 Å². The molecule has 0 radical (unpaired) electrons. The molecule has 2 nitrogen and oxygen atoms in total. The average molecular weight is 332 g/mol. The number of para-hydroxylation sites is 2. The van der Waals surface area contributed by atoms with Crippen LogP contribution in [-0.2, 0) is 0 Å². The Hall–Kier alpha value is -1.80. The van der Waals surface area contributed by atoms with Crippen LogP contribution in [0.5, 0.6) is 0 Å². The summed E-state index contributed by atoms with van der Waals surface area (Å²) in [6.45, 7) is 8.61. The molecule has 2 aromatic rings.